The number of hydrogen-bond donors (Lipinski definition) is 0. The molecule has 14 nitrogen and oxygen atoms in total. The summed E-state index contributed by atoms with van der Waals surface area (Å²) in [6.07, 6.45) is 1.01. The standard InChI is InChI=1S/C10H42O14Si15/c1-2-9(10-6-4-3-5-7-10)8-26-12-28-14-30-16-32-18-34-20-36-22-38-24-39-23-37-21-35-19-33-17-31-15-29-13-27-11-25/h3-8H,2,26-39H2,1,25H3. The van der Waals surface area contributed by atoms with Crippen LogP contribution in [-0.2, 0) is 57.6 Å². The fraction of sp³-hybridized carbons (Fsp3) is 0.200. The number of rotatable bonds is 30. The normalized spacial score (nSPS) is 16.3. The highest BCUT2D eigenvalue weighted by atomic mass is 28.4. The molecule has 1 aromatic carbocycles. The van der Waals surface area contributed by atoms with Crippen LogP contribution in [0.3, 0.4) is 0 Å². The van der Waals surface area contributed by atoms with Gasteiger partial charge in [0.2, 0.25) is 0 Å². The third-order valence-corrected chi connectivity index (χ3v) is 23.4. The molecule has 0 bridgehead atoms. The number of allylic oxidation sites excluding steroid dienone is 1. The zero-order valence-electron chi connectivity index (χ0n) is 22.8. The monoisotopic (exact) mass is 806 g/mol. The van der Waals surface area contributed by atoms with Crippen molar-refractivity contribution in [2.45, 2.75) is 13.3 Å². The molecule has 0 aromatic heterocycles. The molecule has 0 saturated carbocycles. The van der Waals surface area contributed by atoms with Crippen LogP contribution in [0.25, 0.3) is 5.57 Å². The number of benzene rings is 1. The van der Waals surface area contributed by atoms with Crippen LogP contribution in [0.2, 0.25) is 0 Å². The molecule has 0 N–H and O–H groups in total. The van der Waals surface area contributed by atoms with E-state index in [-0.39, 0.29) is 0 Å². The third kappa shape index (κ3) is 27.0. The summed E-state index contributed by atoms with van der Waals surface area (Å²) in [5.41, 5.74) is 4.89. The Morgan fingerprint density at radius 2 is 0.872 bits per heavy atom. The molecular weight excluding hydrogens is 765 g/mol. The van der Waals surface area contributed by atoms with Crippen molar-refractivity contribution >= 4 is 156 Å². The average Bonchev–Trinajstić information content (AvgIpc) is 2.97. The van der Waals surface area contributed by atoms with Crippen LogP contribution in [0.4, 0.5) is 0 Å². The predicted molar refractivity (Wildman–Crippen MR) is 189 cm³/mol. The van der Waals surface area contributed by atoms with Crippen LogP contribution in [0.1, 0.15) is 18.9 Å². The van der Waals surface area contributed by atoms with Gasteiger partial charge in [-0.1, -0.05) is 43.0 Å². The van der Waals surface area contributed by atoms with Crippen LogP contribution in [0.5, 0.6) is 0 Å². The van der Waals surface area contributed by atoms with Crippen molar-refractivity contribution in [1.82, 2.24) is 0 Å². The van der Waals surface area contributed by atoms with Crippen molar-refractivity contribution in [2.75, 3.05) is 0 Å². The Bertz CT molecular complexity index is 673. The Labute approximate surface area is 266 Å². The summed E-state index contributed by atoms with van der Waals surface area (Å²) in [5, 5.41) is 0. The SMILES string of the molecule is CCC(=C[SiH2]O[SiH2]O[SiH2]O[SiH2]O[SiH2]O[SiH2]O[SiH2]O[SiH2]O[SiH2]O[SiH2]O[SiH2]O[SiH2]O[SiH2]O[SiH2]O[SiH3])c1ccccc1. The molecule has 0 unspecified atom stereocenters. The van der Waals surface area contributed by atoms with Gasteiger partial charge >= 0.3 is 0 Å². The summed E-state index contributed by atoms with van der Waals surface area (Å²) in [7, 11) is -12.5. The highest BCUT2D eigenvalue weighted by Gasteiger charge is 2.00. The summed E-state index contributed by atoms with van der Waals surface area (Å²) >= 11 is 0. The first-order chi connectivity index (χ1) is 19.4. The minimum absolute atomic E-state index is 0.694. The highest BCUT2D eigenvalue weighted by molar-refractivity contribution is 6.51. The lowest BCUT2D eigenvalue weighted by Gasteiger charge is -2.09. The van der Waals surface area contributed by atoms with Crippen molar-refractivity contribution in [2.24, 2.45) is 0 Å². The van der Waals surface area contributed by atoms with Crippen molar-refractivity contribution in [1.29, 1.82) is 0 Å². The summed E-state index contributed by atoms with van der Waals surface area (Å²) in [4.78, 5) is 0. The van der Waals surface area contributed by atoms with E-state index in [0.717, 1.165) is 16.9 Å². The largest absolute Gasteiger partial charge is 0.449 e. The molecule has 0 saturated heterocycles. The van der Waals surface area contributed by atoms with Crippen LogP contribution in [0.15, 0.2) is 36.0 Å². The quantitative estimate of drug-likeness (QED) is 0.0540. The first-order valence-corrected chi connectivity index (χ1v) is 29.3. The Kier molecular flexibility index (Phi) is 32.3. The molecule has 1 rings (SSSR count). The summed E-state index contributed by atoms with van der Waals surface area (Å²) < 4.78 is 76.5. The molecule has 0 aliphatic rings. The zero-order valence-corrected chi connectivity index (χ0v) is 44.6. The molecule has 0 fully saturated rings. The van der Waals surface area contributed by atoms with Gasteiger partial charge in [-0.05, 0) is 17.6 Å². The molecule has 0 aliphatic carbocycles. The van der Waals surface area contributed by atoms with Crippen LogP contribution >= 0.6 is 0 Å². The van der Waals surface area contributed by atoms with E-state index >= 15 is 0 Å². The molecule has 0 amide bonds. The Morgan fingerprint density at radius 1 is 0.538 bits per heavy atom. The smallest absolute Gasteiger partial charge is 0.286 e. The fourth-order valence-corrected chi connectivity index (χ4v) is 27.9. The molecule has 226 valence electrons. The first kappa shape index (κ1) is 38.7. The number of hydrogen-bond acceptors (Lipinski definition) is 14. The van der Waals surface area contributed by atoms with Gasteiger partial charge in [0.15, 0.2) is 9.76 Å². The molecular formula is C10H42O14Si15. The first-order valence-electron chi connectivity index (χ1n) is 12.1. The van der Waals surface area contributed by atoms with Crippen molar-refractivity contribution in [3.63, 3.8) is 0 Å². The van der Waals surface area contributed by atoms with Gasteiger partial charge in [0.05, 0.1) is 0 Å². The second kappa shape index (κ2) is 32.6. The summed E-state index contributed by atoms with van der Waals surface area (Å²) in [5.74, 6) is 0. The van der Waals surface area contributed by atoms with E-state index in [9.17, 15) is 0 Å². The van der Waals surface area contributed by atoms with Crippen LogP contribution < -0.4 is 0 Å². The lowest BCUT2D eigenvalue weighted by molar-refractivity contribution is 0.357. The van der Waals surface area contributed by atoms with Crippen molar-refractivity contribution in [3.8, 4) is 0 Å². The fourth-order valence-electron chi connectivity index (χ4n) is 2.52. The maximum atomic E-state index is 5.79. The topological polar surface area (TPSA) is 129 Å². The van der Waals surface area contributed by atoms with E-state index in [1.54, 1.807) is 0 Å². The lowest BCUT2D eigenvalue weighted by atomic mass is 10.1. The molecule has 0 spiro atoms. The summed E-state index contributed by atoms with van der Waals surface area (Å²) in [6, 6.07) is 10.4. The van der Waals surface area contributed by atoms with Gasteiger partial charge in [-0.2, -0.15) is 0 Å². The van der Waals surface area contributed by atoms with Gasteiger partial charge in [0.25, 0.3) is 130 Å². The molecule has 0 heterocycles. The van der Waals surface area contributed by atoms with Crippen LogP contribution in [0, 0.1) is 0 Å². The van der Waals surface area contributed by atoms with E-state index in [1.807, 2.05) is 6.07 Å². The highest BCUT2D eigenvalue weighted by Crippen LogP contribution is 2.16. The average molecular weight is 808 g/mol. The van der Waals surface area contributed by atoms with Gasteiger partial charge < -0.3 is 57.6 Å². The Balaban J connectivity index is 1.71. The van der Waals surface area contributed by atoms with E-state index < -0.39 is 140 Å². The molecule has 29 heteroatoms. The molecule has 1 aromatic rings. The predicted octanol–water partition coefficient (Wildman–Crippen LogP) is -12.0. The minimum Gasteiger partial charge on any atom is -0.449 e. The van der Waals surface area contributed by atoms with E-state index in [2.05, 4.69) is 36.9 Å². The van der Waals surface area contributed by atoms with Gasteiger partial charge in [-0.25, -0.2) is 0 Å². The maximum Gasteiger partial charge on any atom is 0.286 e. The Morgan fingerprint density at radius 3 is 1.21 bits per heavy atom. The zero-order chi connectivity index (χ0) is 27.9. The molecule has 0 aliphatic heterocycles. The molecule has 0 radical (unpaired) electrons. The second-order valence-corrected chi connectivity index (χ2v) is 34.4. The Hall–Kier alpha value is 1.65. The van der Waals surface area contributed by atoms with Gasteiger partial charge in [-0.15, -0.1) is 0 Å². The molecule has 0 atom stereocenters. The molecule has 39 heavy (non-hydrogen) atoms. The van der Waals surface area contributed by atoms with E-state index in [1.165, 1.54) is 11.1 Å². The minimum atomic E-state index is -1.02. The van der Waals surface area contributed by atoms with E-state index in [4.69, 9.17) is 57.6 Å². The van der Waals surface area contributed by atoms with Gasteiger partial charge in [-0.3, -0.25) is 0 Å². The van der Waals surface area contributed by atoms with Crippen molar-refractivity contribution < 1.29 is 57.6 Å². The van der Waals surface area contributed by atoms with Crippen molar-refractivity contribution in [3.05, 3.63) is 41.6 Å². The lowest BCUT2D eigenvalue weighted by Crippen LogP contribution is -2.22. The maximum absolute atomic E-state index is 5.79. The van der Waals surface area contributed by atoms with Gasteiger partial charge in [0.1, 0.15) is 10.5 Å². The van der Waals surface area contributed by atoms with Crippen LogP contribution in [-0.4, -0.2) is 150 Å². The van der Waals surface area contributed by atoms with Gasteiger partial charge in [0, 0.05) is 0 Å². The second-order valence-electron chi connectivity index (χ2n) is 7.09. The van der Waals surface area contributed by atoms with E-state index in [0.29, 0.717) is 0 Å². The third-order valence-electron chi connectivity index (χ3n) is 4.17. The summed E-state index contributed by atoms with van der Waals surface area (Å²) in [6.45, 7) is 2.17.